The molecule has 3 rings (SSSR count). The van der Waals surface area contributed by atoms with Crippen molar-refractivity contribution in [3.8, 4) is 16.9 Å². The number of Topliss-reactive ketones (excluding diaryl/α,β-unsaturated/α-hetero) is 1. The van der Waals surface area contributed by atoms with Crippen LogP contribution in [0.4, 0.5) is 0 Å². The van der Waals surface area contributed by atoms with E-state index in [1.165, 1.54) is 0 Å². The topological polar surface area (TPSA) is 39.2 Å². The van der Waals surface area contributed by atoms with E-state index >= 15 is 0 Å². The second kappa shape index (κ2) is 9.13. The highest BCUT2D eigenvalue weighted by Gasteiger charge is 2.10. The van der Waals surface area contributed by atoms with Crippen LogP contribution in [-0.4, -0.2) is 17.4 Å². The zero-order valence-electron chi connectivity index (χ0n) is 15.9. The van der Waals surface area contributed by atoms with Crippen molar-refractivity contribution in [1.82, 2.24) is 4.98 Å². The van der Waals surface area contributed by atoms with Gasteiger partial charge >= 0.3 is 0 Å². The van der Waals surface area contributed by atoms with Gasteiger partial charge in [0.15, 0.2) is 0 Å². The number of aryl methyl sites for hydroxylation is 1. The minimum absolute atomic E-state index is 0.190. The minimum atomic E-state index is 0.190. The van der Waals surface area contributed by atoms with Gasteiger partial charge in [0.25, 0.3) is 0 Å². The van der Waals surface area contributed by atoms with E-state index in [9.17, 15) is 4.79 Å². The zero-order valence-corrected chi connectivity index (χ0v) is 15.9. The Morgan fingerprint density at radius 3 is 2.48 bits per heavy atom. The Labute approximate surface area is 161 Å². The second-order valence-corrected chi connectivity index (χ2v) is 6.73. The molecule has 3 heteroatoms. The third-order valence-electron chi connectivity index (χ3n) is 4.41. The van der Waals surface area contributed by atoms with Gasteiger partial charge in [0.1, 0.15) is 11.5 Å². The maximum absolute atomic E-state index is 12.5. The molecule has 0 atom stereocenters. The van der Waals surface area contributed by atoms with Crippen LogP contribution in [0.5, 0.6) is 5.75 Å². The molecule has 1 aromatic heterocycles. The highest BCUT2D eigenvalue weighted by atomic mass is 16.5. The monoisotopic (exact) mass is 359 g/mol. The van der Waals surface area contributed by atoms with Crippen LogP contribution in [0.15, 0.2) is 66.9 Å². The molecule has 0 radical (unpaired) electrons. The second-order valence-electron chi connectivity index (χ2n) is 6.73. The summed E-state index contributed by atoms with van der Waals surface area (Å²) in [5.41, 5.74) is 5.26. The summed E-state index contributed by atoms with van der Waals surface area (Å²) < 4.78 is 5.75. The van der Waals surface area contributed by atoms with Crippen molar-refractivity contribution < 1.29 is 9.53 Å². The maximum atomic E-state index is 12.5. The van der Waals surface area contributed by atoms with Crippen LogP contribution in [0.3, 0.4) is 0 Å². The molecule has 0 aliphatic rings. The van der Waals surface area contributed by atoms with E-state index in [-0.39, 0.29) is 5.78 Å². The van der Waals surface area contributed by atoms with Crippen LogP contribution in [0.2, 0.25) is 0 Å². The molecule has 138 valence electrons. The quantitative estimate of drug-likeness (QED) is 0.555. The predicted molar refractivity (Wildman–Crippen MR) is 109 cm³/mol. The number of carbonyl (C=O) groups is 1. The van der Waals surface area contributed by atoms with Gasteiger partial charge in [0.05, 0.1) is 6.61 Å². The first-order valence-corrected chi connectivity index (χ1v) is 9.40. The first-order valence-electron chi connectivity index (χ1n) is 9.40. The summed E-state index contributed by atoms with van der Waals surface area (Å²) in [5.74, 6) is 1.01. The number of pyridine rings is 1. The van der Waals surface area contributed by atoms with Crippen molar-refractivity contribution in [2.24, 2.45) is 0 Å². The van der Waals surface area contributed by atoms with Gasteiger partial charge < -0.3 is 4.74 Å². The minimum Gasteiger partial charge on any atom is -0.493 e. The highest BCUT2D eigenvalue weighted by Crippen LogP contribution is 2.22. The van der Waals surface area contributed by atoms with Gasteiger partial charge in [0, 0.05) is 30.3 Å². The van der Waals surface area contributed by atoms with E-state index in [2.05, 4.69) is 30.1 Å². The van der Waals surface area contributed by atoms with Gasteiger partial charge in [-0.2, -0.15) is 0 Å². The molecule has 0 aliphatic heterocycles. The lowest BCUT2D eigenvalue weighted by Gasteiger charge is -2.10. The number of benzene rings is 2. The molecule has 0 spiro atoms. The van der Waals surface area contributed by atoms with Crippen molar-refractivity contribution in [3.63, 3.8) is 0 Å². The van der Waals surface area contributed by atoms with Gasteiger partial charge in [-0.15, -0.1) is 0 Å². The molecular weight excluding hydrogens is 334 g/mol. The summed E-state index contributed by atoms with van der Waals surface area (Å²) in [6.07, 6.45) is 3.59. The number of ketones is 1. The van der Waals surface area contributed by atoms with Crippen molar-refractivity contribution in [1.29, 1.82) is 0 Å². The standard InChI is InChI=1S/C24H25NO2/c1-3-14-27-24-7-5-4-6-22(24)17-23(26)16-19-8-10-20(11-9-19)21-12-13-25-18(2)15-21/h4-13,15H,3,14,16-17H2,1-2H3. The predicted octanol–water partition coefficient (Wildman–Crippen LogP) is 5.20. The van der Waals surface area contributed by atoms with E-state index in [0.717, 1.165) is 40.1 Å². The third kappa shape index (κ3) is 5.27. The molecule has 1 heterocycles. The van der Waals surface area contributed by atoms with E-state index < -0.39 is 0 Å². The smallest absolute Gasteiger partial charge is 0.141 e. The molecule has 0 saturated carbocycles. The van der Waals surface area contributed by atoms with Gasteiger partial charge in [-0.05, 0) is 48.2 Å². The summed E-state index contributed by atoms with van der Waals surface area (Å²) in [7, 11) is 0. The number of rotatable bonds is 8. The molecule has 0 aliphatic carbocycles. The number of hydrogen-bond acceptors (Lipinski definition) is 3. The average Bonchev–Trinajstić information content (AvgIpc) is 2.68. The number of para-hydroxylation sites is 1. The molecule has 0 N–H and O–H groups in total. The van der Waals surface area contributed by atoms with E-state index in [4.69, 9.17) is 4.74 Å². The summed E-state index contributed by atoms with van der Waals surface area (Å²) in [6, 6.07) is 20.1. The van der Waals surface area contributed by atoms with Gasteiger partial charge in [-0.1, -0.05) is 49.4 Å². The summed E-state index contributed by atoms with van der Waals surface area (Å²) in [4.78, 5) is 16.8. The lowest BCUT2D eigenvalue weighted by molar-refractivity contribution is -0.117. The fourth-order valence-corrected chi connectivity index (χ4v) is 3.05. The Kier molecular flexibility index (Phi) is 6.37. The van der Waals surface area contributed by atoms with Gasteiger partial charge in [-0.25, -0.2) is 0 Å². The lowest BCUT2D eigenvalue weighted by atomic mass is 9.99. The molecular formula is C24H25NO2. The summed E-state index contributed by atoms with van der Waals surface area (Å²) >= 11 is 0. The van der Waals surface area contributed by atoms with Crippen molar-refractivity contribution in [2.75, 3.05) is 6.61 Å². The van der Waals surface area contributed by atoms with Gasteiger partial charge in [0.2, 0.25) is 0 Å². The third-order valence-corrected chi connectivity index (χ3v) is 4.41. The Morgan fingerprint density at radius 2 is 1.74 bits per heavy atom. The largest absolute Gasteiger partial charge is 0.493 e. The molecule has 0 fully saturated rings. The molecule has 0 unspecified atom stereocenters. The SMILES string of the molecule is CCCOc1ccccc1CC(=O)Cc1ccc(-c2ccnc(C)c2)cc1. The number of aromatic nitrogens is 1. The lowest BCUT2D eigenvalue weighted by Crippen LogP contribution is -2.08. The molecule has 3 aromatic rings. The Bertz CT molecular complexity index is 900. The summed E-state index contributed by atoms with van der Waals surface area (Å²) in [5, 5.41) is 0. The number of nitrogens with zero attached hydrogens (tertiary/aromatic N) is 1. The first kappa shape index (κ1) is 18.8. The van der Waals surface area contributed by atoms with E-state index in [0.29, 0.717) is 19.4 Å². The molecule has 2 aromatic carbocycles. The van der Waals surface area contributed by atoms with Crippen LogP contribution in [0, 0.1) is 6.92 Å². The van der Waals surface area contributed by atoms with Crippen LogP contribution in [0.1, 0.15) is 30.2 Å². The molecule has 0 saturated heterocycles. The van der Waals surface area contributed by atoms with Crippen molar-refractivity contribution >= 4 is 5.78 Å². The molecule has 0 amide bonds. The molecule has 0 bridgehead atoms. The highest BCUT2D eigenvalue weighted by molar-refractivity contribution is 5.84. The normalized spacial score (nSPS) is 10.6. The van der Waals surface area contributed by atoms with E-state index in [1.807, 2.05) is 55.6 Å². The Hall–Kier alpha value is -2.94. The fraction of sp³-hybridized carbons (Fsp3) is 0.250. The van der Waals surface area contributed by atoms with Gasteiger partial charge in [-0.3, -0.25) is 9.78 Å². The van der Waals surface area contributed by atoms with Crippen LogP contribution >= 0.6 is 0 Å². The van der Waals surface area contributed by atoms with Crippen LogP contribution in [0.25, 0.3) is 11.1 Å². The molecule has 27 heavy (non-hydrogen) atoms. The van der Waals surface area contributed by atoms with Crippen LogP contribution in [-0.2, 0) is 17.6 Å². The maximum Gasteiger partial charge on any atom is 0.141 e. The van der Waals surface area contributed by atoms with Crippen LogP contribution < -0.4 is 4.74 Å². The Morgan fingerprint density at radius 1 is 0.963 bits per heavy atom. The fourth-order valence-electron chi connectivity index (χ4n) is 3.05. The molecule has 3 nitrogen and oxygen atoms in total. The Balaban J connectivity index is 1.65. The van der Waals surface area contributed by atoms with Crippen molar-refractivity contribution in [3.05, 3.63) is 83.7 Å². The number of ether oxygens (including phenoxy) is 1. The van der Waals surface area contributed by atoms with Crippen molar-refractivity contribution in [2.45, 2.75) is 33.1 Å². The number of hydrogen-bond donors (Lipinski definition) is 0. The average molecular weight is 359 g/mol. The zero-order chi connectivity index (χ0) is 19.1. The number of carbonyl (C=O) groups excluding carboxylic acids is 1. The summed E-state index contributed by atoms with van der Waals surface area (Å²) in [6.45, 7) is 4.73. The first-order chi connectivity index (χ1) is 13.2. The van der Waals surface area contributed by atoms with E-state index in [1.54, 1.807) is 0 Å².